The van der Waals surface area contributed by atoms with E-state index in [4.69, 9.17) is 11.6 Å². The fraction of sp³-hybridized carbons (Fsp3) is 0.125. The zero-order chi connectivity index (χ0) is 11.2. The van der Waals surface area contributed by atoms with E-state index in [-0.39, 0.29) is 5.65 Å². The van der Waals surface area contributed by atoms with Crippen LogP contribution in [0.1, 0.15) is 5.69 Å². The number of pyridine rings is 1. The molecule has 0 N–H and O–H groups in total. The first-order chi connectivity index (χ1) is 6.89. The largest absolute Gasteiger partial charge is 0.434 e. The van der Waals surface area contributed by atoms with Gasteiger partial charge < -0.3 is 4.40 Å². The van der Waals surface area contributed by atoms with Gasteiger partial charge in [-0.15, -0.1) is 0 Å². The molecular formula is C8H3ClF3IN2. The van der Waals surface area contributed by atoms with E-state index in [9.17, 15) is 13.2 Å². The second kappa shape index (κ2) is 3.51. The zero-order valence-corrected chi connectivity index (χ0v) is 9.93. The Bertz CT molecular complexity index is 520. The van der Waals surface area contributed by atoms with Gasteiger partial charge in [0.2, 0.25) is 0 Å². The molecule has 0 aliphatic rings. The number of fused-ring (bicyclic) bond motifs is 1. The Kier molecular flexibility index (Phi) is 2.58. The summed E-state index contributed by atoms with van der Waals surface area (Å²) in [5, 5.41) is 0.391. The van der Waals surface area contributed by atoms with Crippen LogP contribution in [0.15, 0.2) is 18.5 Å². The van der Waals surface area contributed by atoms with Crippen molar-refractivity contribution >= 4 is 39.8 Å². The summed E-state index contributed by atoms with van der Waals surface area (Å²) in [5.74, 6) is 0. The van der Waals surface area contributed by atoms with Crippen molar-refractivity contribution in [3.63, 3.8) is 0 Å². The molecule has 0 aliphatic heterocycles. The van der Waals surface area contributed by atoms with Crippen LogP contribution in [0.2, 0.25) is 5.02 Å². The number of nitrogens with zero attached hydrogens (tertiary/aromatic N) is 2. The minimum absolute atomic E-state index is 0.218. The van der Waals surface area contributed by atoms with E-state index in [2.05, 4.69) is 4.98 Å². The van der Waals surface area contributed by atoms with Crippen molar-refractivity contribution < 1.29 is 13.2 Å². The molecule has 7 heteroatoms. The van der Waals surface area contributed by atoms with Gasteiger partial charge in [0.25, 0.3) is 0 Å². The molecule has 2 nitrogen and oxygen atoms in total. The number of hydrogen-bond donors (Lipinski definition) is 0. The first-order valence-electron chi connectivity index (χ1n) is 3.79. The minimum atomic E-state index is -4.43. The summed E-state index contributed by atoms with van der Waals surface area (Å²) in [4.78, 5) is 3.49. The lowest BCUT2D eigenvalue weighted by Gasteiger charge is -1.98. The maximum atomic E-state index is 12.3. The summed E-state index contributed by atoms with van der Waals surface area (Å²) < 4.78 is 38.9. The summed E-state index contributed by atoms with van der Waals surface area (Å²) in [6.07, 6.45) is -2.04. The standard InChI is InChI=1S/C8H3ClF3IN2/c9-4-1-2-15-3-5(8(10,11)12)14-7(15)6(4)13/h1-3H. The van der Waals surface area contributed by atoms with E-state index < -0.39 is 11.9 Å². The van der Waals surface area contributed by atoms with Gasteiger partial charge in [0.05, 0.1) is 8.59 Å². The maximum Gasteiger partial charge on any atom is 0.434 e. The highest BCUT2D eigenvalue weighted by atomic mass is 127. The molecule has 0 saturated carbocycles. The van der Waals surface area contributed by atoms with E-state index in [0.717, 1.165) is 6.20 Å². The molecule has 0 aliphatic carbocycles. The molecule has 0 unspecified atom stereocenters. The number of aromatic nitrogens is 2. The Morgan fingerprint density at radius 2 is 2.07 bits per heavy atom. The molecule has 2 aromatic rings. The van der Waals surface area contributed by atoms with Crippen LogP contribution in [0, 0.1) is 3.57 Å². The summed E-state index contributed by atoms with van der Waals surface area (Å²) in [6.45, 7) is 0. The van der Waals surface area contributed by atoms with Crippen LogP contribution in [0.25, 0.3) is 5.65 Å². The number of imidazole rings is 1. The highest BCUT2D eigenvalue weighted by molar-refractivity contribution is 14.1. The smallest absolute Gasteiger partial charge is 0.305 e. The summed E-state index contributed by atoms with van der Waals surface area (Å²) in [7, 11) is 0. The first-order valence-corrected chi connectivity index (χ1v) is 5.25. The van der Waals surface area contributed by atoms with Crippen LogP contribution in [0.3, 0.4) is 0 Å². The van der Waals surface area contributed by atoms with Gasteiger partial charge in [-0.05, 0) is 28.7 Å². The lowest BCUT2D eigenvalue weighted by Crippen LogP contribution is -2.04. The van der Waals surface area contributed by atoms with Gasteiger partial charge in [-0.25, -0.2) is 4.98 Å². The quantitative estimate of drug-likeness (QED) is 0.666. The summed E-state index contributed by atoms with van der Waals surface area (Å²) in [6, 6.07) is 1.53. The zero-order valence-electron chi connectivity index (χ0n) is 7.02. The van der Waals surface area contributed by atoms with Gasteiger partial charge in [-0.2, -0.15) is 13.2 Å². The lowest BCUT2D eigenvalue weighted by atomic mass is 10.5. The number of hydrogen-bond acceptors (Lipinski definition) is 1. The van der Waals surface area contributed by atoms with Crippen molar-refractivity contribution in [3.05, 3.63) is 32.7 Å². The van der Waals surface area contributed by atoms with Crippen LogP contribution >= 0.6 is 34.2 Å². The topological polar surface area (TPSA) is 17.3 Å². The third-order valence-electron chi connectivity index (χ3n) is 1.81. The number of rotatable bonds is 0. The molecule has 2 heterocycles. The molecule has 0 spiro atoms. The van der Waals surface area contributed by atoms with Crippen molar-refractivity contribution in [3.8, 4) is 0 Å². The minimum Gasteiger partial charge on any atom is -0.305 e. The number of alkyl halides is 3. The van der Waals surface area contributed by atoms with Crippen LogP contribution < -0.4 is 0 Å². The second-order valence-corrected chi connectivity index (χ2v) is 4.32. The van der Waals surface area contributed by atoms with Crippen molar-refractivity contribution in [2.75, 3.05) is 0 Å². The molecule has 0 amide bonds. The van der Waals surface area contributed by atoms with Crippen molar-refractivity contribution in [1.29, 1.82) is 0 Å². The van der Waals surface area contributed by atoms with Crippen LogP contribution in [-0.2, 0) is 6.18 Å². The Morgan fingerprint density at radius 3 is 2.67 bits per heavy atom. The molecule has 2 rings (SSSR count). The van der Waals surface area contributed by atoms with Crippen LogP contribution in [0.4, 0.5) is 13.2 Å². The fourth-order valence-corrected chi connectivity index (χ4v) is 1.85. The Hall–Kier alpha value is -0.500. The molecule has 0 atom stereocenters. The maximum absolute atomic E-state index is 12.3. The third kappa shape index (κ3) is 1.92. The van der Waals surface area contributed by atoms with Crippen molar-refractivity contribution in [1.82, 2.24) is 9.38 Å². The van der Waals surface area contributed by atoms with E-state index in [1.807, 2.05) is 22.6 Å². The first kappa shape index (κ1) is 11.0. The average molecular weight is 346 g/mol. The second-order valence-electron chi connectivity index (χ2n) is 2.83. The molecule has 2 aromatic heterocycles. The van der Waals surface area contributed by atoms with Gasteiger partial charge in [0.1, 0.15) is 0 Å². The molecule has 0 radical (unpaired) electrons. The Morgan fingerprint density at radius 1 is 1.40 bits per heavy atom. The van der Waals surface area contributed by atoms with E-state index in [0.29, 0.717) is 8.59 Å². The van der Waals surface area contributed by atoms with Gasteiger partial charge in [-0.3, -0.25) is 0 Å². The predicted octanol–water partition coefficient (Wildman–Crippen LogP) is 3.61. The predicted molar refractivity (Wildman–Crippen MR) is 57.9 cm³/mol. The van der Waals surface area contributed by atoms with Gasteiger partial charge in [0, 0.05) is 12.4 Å². The third-order valence-corrected chi connectivity index (χ3v) is 3.51. The number of halogens is 5. The summed E-state index contributed by atoms with van der Waals surface area (Å²) >= 11 is 7.63. The van der Waals surface area contributed by atoms with Gasteiger partial charge in [0.15, 0.2) is 11.3 Å². The molecule has 80 valence electrons. The fourth-order valence-electron chi connectivity index (χ4n) is 1.13. The van der Waals surface area contributed by atoms with E-state index >= 15 is 0 Å². The van der Waals surface area contributed by atoms with Crippen molar-refractivity contribution in [2.45, 2.75) is 6.18 Å². The summed E-state index contributed by atoms with van der Waals surface area (Å²) in [5.41, 5.74) is -0.696. The van der Waals surface area contributed by atoms with Crippen LogP contribution in [0.5, 0.6) is 0 Å². The molecular weight excluding hydrogens is 343 g/mol. The SMILES string of the molecule is FC(F)(F)c1cn2ccc(Cl)c(I)c2n1. The van der Waals surface area contributed by atoms with E-state index in [1.165, 1.54) is 16.7 Å². The lowest BCUT2D eigenvalue weighted by molar-refractivity contribution is -0.140. The molecule has 0 aromatic carbocycles. The van der Waals surface area contributed by atoms with E-state index in [1.54, 1.807) is 0 Å². The molecule has 15 heavy (non-hydrogen) atoms. The molecule has 0 fully saturated rings. The molecule has 0 bridgehead atoms. The van der Waals surface area contributed by atoms with Crippen LogP contribution in [-0.4, -0.2) is 9.38 Å². The van der Waals surface area contributed by atoms with Crippen molar-refractivity contribution in [2.24, 2.45) is 0 Å². The Balaban J connectivity index is 2.72. The average Bonchev–Trinajstić information content (AvgIpc) is 2.55. The van der Waals surface area contributed by atoms with Gasteiger partial charge in [-0.1, -0.05) is 11.6 Å². The monoisotopic (exact) mass is 346 g/mol. The highest BCUT2D eigenvalue weighted by Crippen LogP contribution is 2.30. The van der Waals surface area contributed by atoms with Gasteiger partial charge >= 0.3 is 6.18 Å². The Labute approximate surface area is 101 Å². The highest BCUT2D eigenvalue weighted by Gasteiger charge is 2.34. The molecule has 0 saturated heterocycles. The normalized spacial score (nSPS) is 12.3.